The summed E-state index contributed by atoms with van der Waals surface area (Å²) in [5.41, 5.74) is 0. The molecule has 0 aromatic carbocycles. The number of hydrogen-bond donors (Lipinski definition) is 2. The Bertz CT molecular complexity index is 651. The average Bonchev–Trinajstić information content (AvgIpc) is 2.74. The van der Waals surface area contributed by atoms with Gasteiger partial charge in [0, 0.05) is 26.4 Å². The lowest BCUT2D eigenvalue weighted by Gasteiger charge is -2.07. The van der Waals surface area contributed by atoms with E-state index in [-0.39, 0.29) is 10.8 Å². The predicted octanol–water partition coefficient (Wildman–Crippen LogP) is 0.0526. The first-order chi connectivity index (χ1) is 8.53. The van der Waals surface area contributed by atoms with Gasteiger partial charge in [-0.1, -0.05) is 0 Å². The predicted molar refractivity (Wildman–Crippen MR) is 65.6 cm³/mol. The zero-order chi connectivity index (χ0) is 13.2. The van der Waals surface area contributed by atoms with E-state index in [0.29, 0.717) is 5.82 Å². The molecule has 2 heterocycles. The van der Waals surface area contributed by atoms with E-state index in [1.807, 2.05) is 0 Å². The highest BCUT2D eigenvalue weighted by molar-refractivity contribution is 7.92. The zero-order valence-electron chi connectivity index (χ0n) is 9.82. The van der Waals surface area contributed by atoms with Gasteiger partial charge in [0.25, 0.3) is 10.0 Å². The Kier molecular flexibility index (Phi) is 3.15. The maximum Gasteiger partial charge on any atom is 0.264 e. The van der Waals surface area contributed by atoms with Crippen LogP contribution in [-0.2, 0) is 17.1 Å². The fourth-order valence-corrected chi connectivity index (χ4v) is 2.33. The van der Waals surface area contributed by atoms with Crippen molar-refractivity contribution in [1.29, 1.82) is 0 Å². The van der Waals surface area contributed by atoms with Crippen LogP contribution >= 0.6 is 0 Å². The van der Waals surface area contributed by atoms with Crippen LogP contribution in [0.1, 0.15) is 0 Å². The minimum atomic E-state index is -3.69. The molecule has 2 aromatic heterocycles. The van der Waals surface area contributed by atoms with Crippen LogP contribution < -0.4 is 10.0 Å². The summed E-state index contributed by atoms with van der Waals surface area (Å²) in [6, 6.07) is 2.83. The second kappa shape index (κ2) is 4.61. The van der Waals surface area contributed by atoms with Crippen LogP contribution in [0.2, 0.25) is 0 Å². The molecule has 0 saturated heterocycles. The molecule has 0 atom stereocenters. The molecule has 2 N–H and O–H groups in total. The Labute approximate surface area is 104 Å². The van der Waals surface area contributed by atoms with E-state index in [4.69, 9.17) is 0 Å². The van der Waals surface area contributed by atoms with Gasteiger partial charge < -0.3 is 5.32 Å². The van der Waals surface area contributed by atoms with Gasteiger partial charge in [-0.25, -0.2) is 22.8 Å². The Morgan fingerprint density at radius 2 is 2.11 bits per heavy atom. The summed E-state index contributed by atoms with van der Waals surface area (Å²) < 4.78 is 27.8. The van der Waals surface area contributed by atoms with Gasteiger partial charge in [0.05, 0.1) is 4.90 Å². The third-order valence-electron chi connectivity index (χ3n) is 2.23. The van der Waals surface area contributed by atoms with Crippen molar-refractivity contribution in [3.63, 3.8) is 0 Å². The highest BCUT2D eigenvalue weighted by atomic mass is 32.2. The Morgan fingerprint density at radius 1 is 1.33 bits per heavy atom. The topological polar surface area (TPSA) is 102 Å². The maximum absolute atomic E-state index is 12.1. The van der Waals surface area contributed by atoms with Gasteiger partial charge in [-0.15, -0.1) is 0 Å². The molecular weight excluding hydrogens is 256 g/mol. The van der Waals surface area contributed by atoms with Crippen LogP contribution in [0.3, 0.4) is 0 Å². The molecule has 8 nitrogen and oxygen atoms in total. The molecule has 0 aliphatic heterocycles. The Morgan fingerprint density at radius 3 is 2.72 bits per heavy atom. The number of pyridine rings is 1. The molecule has 9 heteroatoms. The van der Waals surface area contributed by atoms with Crippen LogP contribution in [0.25, 0.3) is 0 Å². The van der Waals surface area contributed by atoms with E-state index in [9.17, 15) is 8.42 Å². The van der Waals surface area contributed by atoms with Crippen molar-refractivity contribution in [1.82, 2.24) is 19.7 Å². The molecule has 0 radical (unpaired) electrons. The normalized spacial score (nSPS) is 11.2. The van der Waals surface area contributed by atoms with Gasteiger partial charge >= 0.3 is 0 Å². The average molecular weight is 268 g/mol. The van der Waals surface area contributed by atoms with E-state index in [2.05, 4.69) is 25.1 Å². The Balaban J connectivity index is 2.33. The van der Waals surface area contributed by atoms with Gasteiger partial charge in [0.2, 0.25) is 5.95 Å². The highest BCUT2D eigenvalue weighted by Gasteiger charge is 2.17. The first kappa shape index (κ1) is 12.3. The standard InChI is InChI=1S/C9H12N6O2S/c1-10-8-5-7(3-4-11-8)18(16,17)14-9-12-6-13-15(9)2/h3-6H,1-2H3,(H,10,11)(H,12,13,14). The van der Waals surface area contributed by atoms with Crippen molar-refractivity contribution < 1.29 is 8.42 Å². The minimum absolute atomic E-state index is 0.102. The van der Waals surface area contributed by atoms with Gasteiger partial charge in [0.15, 0.2) is 0 Å². The van der Waals surface area contributed by atoms with Crippen LogP contribution in [0.4, 0.5) is 11.8 Å². The number of nitrogens with zero attached hydrogens (tertiary/aromatic N) is 4. The van der Waals surface area contributed by atoms with Crippen molar-refractivity contribution in [2.45, 2.75) is 4.90 Å². The second-order valence-electron chi connectivity index (χ2n) is 3.44. The monoisotopic (exact) mass is 268 g/mol. The van der Waals surface area contributed by atoms with Crippen LogP contribution in [-0.4, -0.2) is 35.2 Å². The molecule has 0 saturated carbocycles. The van der Waals surface area contributed by atoms with Crippen molar-refractivity contribution in [2.75, 3.05) is 17.1 Å². The van der Waals surface area contributed by atoms with E-state index >= 15 is 0 Å². The molecule has 0 unspecified atom stereocenters. The van der Waals surface area contributed by atoms with E-state index in [1.54, 1.807) is 14.1 Å². The van der Waals surface area contributed by atoms with Gasteiger partial charge in [0.1, 0.15) is 12.1 Å². The second-order valence-corrected chi connectivity index (χ2v) is 5.12. The maximum atomic E-state index is 12.1. The van der Waals surface area contributed by atoms with E-state index < -0.39 is 10.0 Å². The number of aryl methyl sites for hydroxylation is 1. The lowest BCUT2D eigenvalue weighted by atomic mass is 10.5. The molecule has 0 fully saturated rings. The first-order valence-electron chi connectivity index (χ1n) is 5.03. The third kappa shape index (κ3) is 2.40. The minimum Gasteiger partial charge on any atom is -0.373 e. The van der Waals surface area contributed by atoms with Crippen LogP contribution in [0, 0.1) is 0 Å². The summed E-state index contributed by atoms with van der Waals surface area (Å²) in [7, 11) is -0.436. The van der Waals surface area contributed by atoms with E-state index in [0.717, 1.165) is 0 Å². The first-order valence-corrected chi connectivity index (χ1v) is 6.52. The number of anilines is 2. The van der Waals surface area contributed by atoms with E-state index in [1.165, 1.54) is 29.3 Å². The fourth-order valence-electron chi connectivity index (χ4n) is 1.28. The summed E-state index contributed by atoms with van der Waals surface area (Å²) in [4.78, 5) is 7.85. The molecule has 0 aliphatic carbocycles. The van der Waals surface area contributed by atoms with Crippen molar-refractivity contribution in [3.05, 3.63) is 24.7 Å². The van der Waals surface area contributed by atoms with Crippen molar-refractivity contribution >= 4 is 21.8 Å². The zero-order valence-corrected chi connectivity index (χ0v) is 10.6. The molecule has 0 amide bonds. The fraction of sp³-hybridized carbons (Fsp3) is 0.222. The van der Waals surface area contributed by atoms with Crippen molar-refractivity contribution in [2.24, 2.45) is 7.05 Å². The molecule has 0 spiro atoms. The number of aromatic nitrogens is 4. The molecule has 2 rings (SSSR count). The smallest absolute Gasteiger partial charge is 0.264 e. The summed E-state index contributed by atoms with van der Waals surface area (Å²) in [6.07, 6.45) is 2.68. The number of sulfonamides is 1. The quantitative estimate of drug-likeness (QED) is 0.812. The molecule has 18 heavy (non-hydrogen) atoms. The number of nitrogens with one attached hydrogen (secondary N) is 2. The largest absolute Gasteiger partial charge is 0.373 e. The summed E-state index contributed by atoms with van der Waals surface area (Å²) in [5, 5.41) is 6.56. The highest BCUT2D eigenvalue weighted by Crippen LogP contribution is 2.15. The van der Waals surface area contributed by atoms with Crippen LogP contribution in [0.15, 0.2) is 29.6 Å². The molecule has 2 aromatic rings. The SMILES string of the molecule is CNc1cc(S(=O)(=O)Nc2ncnn2C)ccn1. The number of rotatable bonds is 4. The Hall–Kier alpha value is -2.16. The number of hydrogen-bond acceptors (Lipinski definition) is 6. The lowest BCUT2D eigenvalue weighted by molar-refractivity contribution is 0.600. The van der Waals surface area contributed by atoms with Crippen molar-refractivity contribution in [3.8, 4) is 0 Å². The summed E-state index contributed by atoms with van der Waals surface area (Å²) in [6.45, 7) is 0. The molecule has 0 bridgehead atoms. The summed E-state index contributed by atoms with van der Waals surface area (Å²) >= 11 is 0. The lowest BCUT2D eigenvalue weighted by Crippen LogP contribution is -2.16. The van der Waals surface area contributed by atoms with Gasteiger partial charge in [-0.05, 0) is 6.07 Å². The van der Waals surface area contributed by atoms with Gasteiger partial charge in [-0.3, -0.25) is 0 Å². The third-order valence-corrected chi connectivity index (χ3v) is 3.56. The van der Waals surface area contributed by atoms with Crippen LogP contribution in [0.5, 0.6) is 0 Å². The van der Waals surface area contributed by atoms with Gasteiger partial charge in [-0.2, -0.15) is 10.1 Å². The summed E-state index contributed by atoms with van der Waals surface area (Å²) in [5.74, 6) is 0.619. The molecular formula is C9H12N6O2S. The molecule has 0 aliphatic rings. The molecule has 96 valence electrons.